The number of carbonyl (C=O) groups excluding carboxylic acids is 1. The topological polar surface area (TPSA) is 46.5 Å². The molecule has 1 aromatic rings. The lowest BCUT2D eigenvalue weighted by Gasteiger charge is -2.26. The zero-order valence-corrected chi connectivity index (χ0v) is 9.78. The minimum atomic E-state index is -0.852. The molecule has 3 nitrogen and oxygen atoms in total. The van der Waals surface area contributed by atoms with Crippen LogP contribution in [-0.2, 0) is 0 Å². The molecule has 3 heteroatoms. The van der Waals surface area contributed by atoms with Crippen LogP contribution in [0.15, 0.2) is 12.1 Å². The number of aryl methyl sites for hydroxylation is 1. The Morgan fingerprint density at radius 2 is 2.12 bits per heavy atom. The van der Waals surface area contributed by atoms with Crippen LogP contribution in [0, 0.1) is 6.92 Å². The summed E-state index contributed by atoms with van der Waals surface area (Å²) < 4.78 is 5.25. The number of ether oxygens (including phenoxy) is 1. The first-order chi connectivity index (χ1) is 7.54. The van der Waals surface area contributed by atoms with Crippen molar-refractivity contribution in [1.82, 2.24) is 0 Å². The molecule has 1 aliphatic carbocycles. The Balaban J connectivity index is 2.58. The van der Waals surface area contributed by atoms with Crippen LogP contribution in [0.5, 0.6) is 5.75 Å². The smallest absolute Gasteiger partial charge is 0.191 e. The van der Waals surface area contributed by atoms with E-state index < -0.39 is 6.10 Å². The molecule has 0 radical (unpaired) electrons. The Hall–Kier alpha value is -1.35. The third kappa shape index (κ3) is 1.61. The predicted molar refractivity (Wildman–Crippen MR) is 61.1 cm³/mol. The molecule has 0 spiro atoms. The van der Waals surface area contributed by atoms with Gasteiger partial charge in [0.15, 0.2) is 5.78 Å². The van der Waals surface area contributed by atoms with Gasteiger partial charge in [-0.05, 0) is 42.5 Å². The van der Waals surface area contributed by atoms with E-state index in [0.717, 1.165) is 16.9 Å². The van der Waals surface area contributed by atoms with Gasteiger partial charge in [0.2, 0.25) is 0 Å². The van der Waals surface area contributed by atoms with Crippen molar-refractivity contribution >= 4 is 5.78 Å². The van der Waals surface area contributed by atoms with E-state index >= 15 is 0 Å². The molecule has 86 valence electrons. The summed E-state index contributed by atoms with van der Waals surface area (Å²) in [5.74, 6) is 0.825. The number of aliphatic hydroxyl groups excluding tert-OH is 1. The molecule has 0 aromatic heterocycles. The van der Waals surface area contributed by atoms with Crippen molar-refractivity contribution in [3.05, 3.63) is 28.8 Å². The second kappa shape index (κ2) is 3.91. The Bertz CT molecular complexity index is 437. The lowest BCUT2D eigenvalue weighted by atomic mass is 9.80. The van der Waals surface area contributed by atoms with Gasteiger partial charge in [-0.2, -0.15) is 0 Å². The van der Waals surface area contributed by atoms with Crippen LogP contribution in [0.1, 0.15) is 40.7 Å². The van der Waals surface area contributed by atoms with Gasteiger partial charge in [-0.1, -0.05) is 6.92 Å². The number of hydrogen-bond donors (Lipinski definition) is 1. The highest BCUT2D eigenvalue weighted by Gasteiger charge is 2.30. The summed E-state index contributed by atoms with van der Waals surface area (Å²) >= 11 is 0. The summed E-state index contributed by atoms with van der Waals surface area (Å²) in [6.07, 6.45) is -0.354. The average molecular weight is 220 g/mol. The van der Waals surface area contributed by atoms with Crippen LogP contribution in [0.4, 0.5) is 0 Å². The minimum absolute atomic E-state index is 0.168. The van der Waals surface area contributed by atoms with Crippen LogP contribution in [0.2, 0.25) is 0 Å². The molecule has 0 amide bonds. The normalized spacial score (nSPS) is 24.1. The minimum Gasteiger partial charge on any atom is -0.496 e. The second-order valence-corrected chi connectivity index (χ2v) is 4.43. The first-order valence-corrected chi connectivity index (χ1v) is 5.45. The summed E-state index contributed by atoms with van der Waals surface area (Å²) in [4.78, 5) is 11.8. The van der Waals surface area contributed by atoms with Crippen LogP contribution in [0.25, 0.3) is 0 Å². The Kier molecular flexibility index (Phi) is 2.72. The molecule has 0 saturated carbocycles. The number of Topliss-reactive ketones (excluding diaryl/α,β-unsaturated/α-hetero) is 1. The highest BCUT2D eigenvalue weighted by atomic mass is 16.5. The third-order valence-electron chi connectivity index (χ3n) is 3.24. The van der Waals surface area contributed by atoms with Crippen molar-refractivity contribution in [3.8, 4) is 5.75 Å². The number of carbonyl (C=O) groups is 1. The summed E-state index contributed by atoms with van der Waals surface area (Å²) in [7, 11) is 1.62. The fourth-order valence-electron chi connectivity index (χ4n) is 2.29. The first-order valence-electron chi connectivity index (χ1n) is 5.45. The van der Waals surface area contributed by atoms with Crippen LogP contribution >= 0.6 is 0 Å². The first kappa shape index (κ1) is 11.1. The maximum Gasteiger partial charge on any atom is 0.191 e. The maximum atomic E-state index is 11.8. The van der Waals surface area contributed by atoms with E-state index in [2.05, 4.69) is 0 Å². The summed E-state index contributed by atoms with van der Waals surface area (Å²) in [6, 6.07) is 3.73. The molecule has 2 atom stereocenters. The second-order valence-electron chi connectivity index (χ2n) is 4.43. The van der Waals surface area contributed by atoms with E-state index in [1.54, 1.807) is 7.11 Å². The Morgan fingerprint density at radius 3 is 2.75 bits per heavy atom. The highest BCUT2D eigenvalue weighted by molar-refractivity contribution is 6.02. The number of aliphatic hydroxyl groups is 1. The molecule has 1 aliphatic rings. The van der Waals surface area contributed by atoms with Gasteiger partial charge in [0.25, 0.3) is 0 Å². The van der Waals surface area contributed by atoms with Crippen molar-refractivity contribution in [2.24, 2.45) is 0 Å². The van der Waals surface area contributed by atoms with E-state index in [4.69, 9.17) is 4.74 Å². The quantitative estimate of drug-likeness (QED) is 0.788. The summed E-state index contributed by atoms with van der Waals surface area (Å²) in [5, 5.41) is 9.63. The fourth-order valence-corrected chi connectivity index (χ4v) is 2.29. The van der Waals surface area contributed by atoms with Gasteiger partial charge >= 0.3 is 0 Å². The van der Waals surface area contributed by atoms with Crippen LogP contribution < -0.4 is 4.74 Å². The lowest BCUT2D eigenvalue weighted by molar-refractivity contribution is 0.0694. The number of benzene rings is 1. The van der Waals surface area contributed by atoms with Crippen molar-refractivity contribution in [3.63, 3.8) is 0 Å². The summed E-state index contributed by atoms with van der Waals surface area (Å²) in [6.45, 7) is 3.92. The number of hydrogen-bond acceptors (Lipinski definition) is 3. The van der Waals surface area contributed by atoms with E-state index in [1.165, 1.54) is 0 Å². The molecule has 0 bridgehead atoms. The molecule has 0 heterocycles. The third-order valence-corrected chi connectivity index (χ3v) is 3.24. The monoisotopic (exact) mass is 220 g/mol. The molecule has 0 fully saturated rings. The van der Waals surface area contributed by atoms with Crippen molar-refractivity contribution in [2.75, 3.05) is 7.11 Å². The number of ketones is 1. The van der Waals surface area contributed by atoms with Gasteiger partial charge in [0.05, 0.1) is 7.11 Å². The number of rotatable bonds is 1. The van der Waals surface area contributed by atoms with E-state index in [-0.39, 0.29) is 11.7 Å². The molecule has 0 unspecified atom stereocenters. The summed E-state index contributed by atoms with van der Waals surface area (Å²) in [5.41, 5.74) is 2.55. The molecule has 16 heavy (non-hydrogen) atoms. The highest BCUT2D eigenvalue weighted by Crippen LogP contribution is 2.35. The average Bonchev–Trinajstić information content (AvgIpc) is 2.25. The molecule has 1 aromatic carbocycles. The maximum absolute atomic E-state index is 11.8. The Morgan fingerprint density at radius 1 is 1.44 bits per heavy atom. The standard InChI is InChI=1S/C13H16O3/c1-7-5-11(14)13(15)10-4-8(2)12(16-3)6-9(7)10/h4,6-7,11,14H,5H2,1-3H3/t7-,11+/m0/s1. The van der Waals surface area contributed by atoms with Gasteiger partial charge < -0.3 is 9.84 Å². The van der Waals surface area contributed by atoms with Gasteiger partial charge in [0.1, 0.15) is 11.9 Å². The van der Waals surface area contributed by atoms with E-state index in [9.17, 15) is 9.90 Å². The van der Waals surface area contributed by atoms with Gasteiger partial charge in [-0.25, -0.2) is 0 Å². The molecule has 1 N–H and O–H groups in total. The zero-order chi connectivity index (χ0) is 11.9. The van der Waals surface area contributed by atoms with Crippen molar-refractivity contribution in [1.29, 1.82) is 0 Å². The van der Waals surface area contributed by atoms with Gasteiger partial charge in [-0.15, -0.1) is 0 Å². The van der Waals surface area contributed by atoms with Gasteiger partial charge in [-0.3, -0.25) is 4.79 Å². The number of fused-ring (bicyclic) bond motifs is 1. The SMILES string of the molecule is COc1cc2c(cc1C)C(=O)[C@H](O)C[C@@H]2C. The Labute approximate surface area is 95.0 Å². The van der Waals surface area contributed by atoms with E-state index in [1.807, 2.05) is 26.0 Å². The molecule has 2 rings (SSSR count). The fraction of sp³-hybridized carbons (Fsp3) is 0.462. The lowest BCUT2D eigenvalue weighted by Crippen LogP contribution is -2.29. The molecular weight excluding hydrogens is 204 g/mol. The van der Waals surface area contributed by atoms with Crippen LogP contribution in [-0.4, -0.2) is 24.1 Å². The molecule has 0 saturated heterocycles. The van der Waals surface area contributed by atoms with Crippen molar-refractivity contribution in [2.45, 2.75) is 32.3 Å². The van der Waals surface area contributed by atoms with Crippen LogP contribution in [0.3, 0.4) is 0 Å². The molecular formula is C13H16O3. The largest absolute Gasteiger partial charge is 0.496 e. The van der Waals surface area contributed by atoms with E-state index in [0.29, 0.717) is 12.0 Å². The number of methoxy groups -OCH3 is 1. The molecule has 0 aliphatic heterocycles. The van der Waals surface area contributed by atoms with Crippen molar-refractivity contribution < 1.29 is 14.6 Å². The van der Waals surface area contributed by atoms with Gasteiger partial charge in [0, 0.05) is 5.56 Å². The predicted octanol–water partition coefficient (Wildman–Crippen LogP) is 2.05. The zero-order valence-electron chi connectivity index (χ0n) is 9.78.